The van der Waals surface area contributed by atoms with E-state index in [-0.39, 0.29) is 6.04 Å². The molecule has 0 saturated carbocycles. The van der Waals surface area contributed by atoms with E-state index in [0.29, 0.717) is 12.8 Å². The van der Waals surface area contributed by atoms with Gasteiger partial charge in [0.05, 0.1) is 0 Å². The quantitative estimate of drug-likeness (QED) is 0.567. The van der Waals surface area contributed by atoms with Crippen molar-refractivity contribution in [2.45, 2.75) is 78.8 Å². The van der Waals surface area contributed by atoms with Gasteiger partial charge in [-0.05, 0) is 52.2 Å². The van der Waals surface area contributed by atoms with Crippen molar-refractivity contribution in [1.29, 1.82) is 0 Å². The summed E-state index contributed by atoms with van der Waals surface area (Å²) in [6.45, 7) is 13.6. The van der Waals surface area contributed by atoms with Crippen molar-refractivity contribution in [3.8, 4) is 0 Å². The predicted octanol–water partition coefficient (Wildman–Crippen LogP) is 2.26. The van der Waals surface area contributed by atoms with Crippen molar-refractivity contribution in [1.82, 2.24) is 9.80 Å². The molecule has 0 aliphatic carbocycles. The molecule has 116 valence electrons. The zero-order valence-electron chi connectivity index (χ0n) is 13.5. The van der Waals surface area contributed by atoms with Crippen molar-refractivity contribution in [2.75, 3.05) is 19.6 Å². The highest BCUT2D eigenvalue weighted by atomic mass is 16.3. The summed E-state index contributed by atoms with van der Waals surface area (Å²) >= 11 is 0. The Morgan fingerprint density at radius 1 is 0.895 bits per heavy atom. The van der Waals surface area contributed by atoms with Crippen molar-refractivity contribution in [3.63, 3.8) is 0 Å². The molecular weight excluding hydrogens is 240 g/mol. The first-order valence-electron chi connectivity index (χ1n) is 7.87. The highest BCUT2D eigenvalue weighted by Gasteiger charge is 2.25. The van der Waals surface area contributed by atoms with E-state index >= 15 is 0 Å². The van der Waals surface area contributed by atoms with Gasteiger partial charge in [0.25, 0.3) is 0 Å². The highest BCUT2D eigenvalue weighted by Crippen LogP contribution is 2.16. The molecule has 0 aliphatic heterocycles. The summed E-state index contributed by atoms with van der Waals surface area (Å²) < 4.78 is 0. The molecule has 0 rings (SSSR count). The maximum atomic E-state index is 10.0. The minimum Gasteiger partial charge on any atom is -0.378 e. The lowest BCUT2D eigenvalue weighted by Gasteiger charge is -2.36. The van der Waals surface area contributed by atoms with Crippen LogP contribution in [0.15, 0.2) is 0 Å². The van der Waals surface area contributed by atoms with Crippen LogP contribution in [0, 0.1) is 0 Å². The number of aliphatic hydroxyl groups excluding tert-OH is 2. The zero-order valence-corrected chi connectivity index (χ0v) is 13.5. The second kappa shape index (κ2) is 10.6. The fraction of sp³-hybridized carbons (Fsp3) is 1.00. The fourth-order valence-electron chi connectivity index (χ4n) is 2.51. The zero-order chi connectivity index (χ0) is 14.8. The van der Waals surface area contributed by atoms with Gasteiger partial charge in [0.2, 0.25) is 0 Å². The monoisotopic (exact) mass is 274 g/mol. The minimum atomic E-state index is -0.543. The Morgan fingerprint density at radius 3 is 1.74 bits per heavy atom. The van der Waals surface area contributed by atoms with Crippen LogP contribution in [0.4, 0.5) is 0 Å². The summed E-state index contributed by atoms with van der Waals surface area (Å²) in [5, 5.41) is 20.1. The molecule has 4 nitrogen and oxygen atoms in total. The molecule has 0 aromatic rings. The fourth-order valence-corrected chi connectivity index (χ4v) is 2.51. The molecular formula is C15H34N2O2. The maximum Gasteiger partial charge on any atom is 0.109 e. The lowest BCUT2D eigenvalue weighted by molar-refractivity contribution is -0.125. The maximum absolute atomic E-state index is 10.0. The molecule has 0 bridgehead atoms. The Bertz CT molecular complexity index is 200. The SMILES string of the molecule is CCC(O)N(C(C)CCCN(CC)CC)C(O)CC. The van der Waals surface area contributed by atoms with E-state index in [9.17, 15) is 10.2 Å². The molecule has 0 saturated heterocycles. The molecule has 0 aromatic heterocycles. The Morgan fingerprint density at radius 2 is 1.37 bits per heavy atom. The minimum absolute atomic E-state index is 0.209. The van der Waals surface area contributed by atoms with Crippen LogP contribution in [0.2, 0.25) is 0 Å². The van der Waals surface area contributed by atoms with Gasteiger partial charge in [0, 0.05) is 6.04 Å². The van der Waals surface area contributed by atoms with Gasteiger partial charge in [-0.25, -0.2) is 0 Å². The third kappa shape index (κ3) is 6.70. The molecule has 4 heteroatoms. The smallest absolute Gasteiger partial charge is 0.109 e. The van der Waals surface area contributed by atoms with Crippen LogP contribution in [-0.4, -0.2) is 58.1 Å². The average Bonchev–Trinajstić information content (AvgIpc) is 2.43. The molecule has 3 unspecified atom stereocenters. The lowest BCUT2D eigenvalue weighted by Crippen LogP contribution is -2.48. The van der Waals surface area contributed by atoms with Gasteiger partial charge in [0.1, 0.15) is 12.5 Å². The summed E-state index contributed by atoms with van der Waals surface area (Å²) in [6, 6.07) is 0.209. The van der Waals surface area contributed by atoms with E-state index in [1.54, 1.807) is 0 Å². The van der Waals surface area contributed by atoms with E-state index in [2.05, 4.69) is 25.7 Å². The van der Waals surface area contributed by atoms with Crippen LogP contribution in [0.1, 0.15) is 60.3 Å². The van der Waals surface area contributed by atoms with Crippen molar-refractivity contribution in [3.05, 3.63) is 0 Å². The van der Waals surface area contributed by atoms with E-state index in [0.717, 1.165) is 32.5 Å². The van der Waals surface area contributed by atoms with E-state index in [1.807, 2.05) is 18.7 Å². The van der Waals surface area contributed by atoms with Crippen LogP contribution >= 0.6 is 0 Å². The van der Waals surface area contributed by atoms with Crippen molar-refractivity contribution < 1.29 is 10.2 Å². The standard InChI is InChI=1S/C15H34N2O2/c1-6-14(18)17(15(19)7-2)13(5)11-10-12-16(8-3)9-4/h13-15,18-19H,6-12H2,1-5H3. The molecule has 0 fully saturated rings. The topological polar surface area (TPSA) is 46.9 Å². The van der Waals surface area contributed by atoms with Crippen LogP contribution in [-0.2, 0) is 0 Å². The number of hydrogen-bond donors (Lipinski definition) is 2. The number of rotatable bonds is 11. The van der Waals surface area contributed by atoms with E-state index in [1.165, 1.54) is 0 Å². The molecule has 0 spiro atoms. The van der Waals surface area contributed by atoms with Crippen LogP contribution in [0.5, 0.6) is 0 Å². The molecule has 0 aromatic carbocycles. The van der Waals surface area contributed by atoms with Crippen LogP contribution in [0.25, 0.3) is 0 Å². The van der Waals surface area contributed by atoms with Gasteiger partial charge in [0.15, 0.2) is 0 Å². The van der Waals surface area contributed by atoms with Gasteiger partial charge in [-0.3, -0.25) is 4.90 Å². The first-order chi connectivity index (χ1) is 9.01. The Kier molecular flexibility index (Phi) is 10.5. The van der Waals surface area contributed by atoms with Gasteiger partial charge in [-0.2, -0.15) is 0 Å². The summed E-state index contributed by atoms with van der Waals surface area (Å²) in [4.78, 5) is 4.26. The van der Waals surface area contributed by atoms with Crippen molar-refractivity contribution >= 4 is 0 Å². The molecule has 19 heavy (non-hydrogen) atoms. The molecule has 3 atom stereocenters. The highest BCUT2D eigenvalue weighted by molar-refractivity contribution is 4.72. The molecule has 0 aliphatic rings. The first kappa shape index (κ1) is 18.8. The first-order valence-corrected chi connectivity index (χ1v) is 7.87. The molecule has 0 heterocycles. The van der Waals surface area contributed by atoms with Gasteiger partial charge < -0.3 is 15.1 Å². The summed E-state index contributed by atoms with van der Waals surface area (Å²) in [5.41, 5.74) is 0. The van der Waals surface area contributed by atoms with Gasteiger partial charge >= 0.3 is 0 Å². The second-order valence-electron chi connectivity index (χ2n) is 5.24. The summed E-state index contributed by atoms with van der Waals surface area (Å²) in [7, 11) is 0. The summed E-state index contributed by atoms with van der Waals surface area (Å²) in [5.74, 6) is 0. The van der Waals surface area contributed by atoms with Gasteiger partial charge in [-0.15, -0.1) is 0 Å². The van der Waals surface area contributed by atoms with E-state index in [4.69, 9.17) is 0 Å². The largest absolute Gasteiger partial charge is 0.378 e. The average molecular weight is 274 g/mol. The van der Waals surface area contributed by atoms with Gasteiger partial charge in [-0.1, -0.05) is 27.7 Å². The molecule has 2 N–H and O–H groups in total. The second-order valence-corrected chi connectivity index (χ2v) is 5.24. The number of hydrogen-bond acceptors (Lipinski definition) is 4. The Balaban J connectivity index is 4.28. The van der Waals surface area contributed by atoms with Crippen LogP contribution in [0.3, 0.4) is 0 Å². The lowest BCUT2D eigenvalue weighted by atomic mass is 10.1. The van der Waals surface area contributed by atoms with Crippen LogP contribution < -0.4 is 0 Å². The predicted molar refractivity (Wildman–Crippen MR) is 80.9 cm³/mol. The summed E-state index contributed by atoms with van der Waals surface area (Å²) in [6.07, 6.45) is 2.32. The van der Waals surface area contributed by atoms with Crippen molar-refractivity contribution in [2.24, 2.45) is 0 Å². The van der Waals surface area contributed by atoms with E-state index < -0.39 is 12.5 Å². The molecule has 0 radical (unpaired) electrons. The number of nitrogens with zero attached hydrogens (tertiary/aromatic N) is 2. The Labute approximate surface area is 119 Å². The normalized spacial score (nSPS) is 16.9. The molecule has 0 amide bonds. The third-order valence-electron chi connectivity index (χ3n) is 3.92. The number of aliphatic hydroxyl groups is 2. The third-order valence-corrected chi connectivity index (χ3v) is 3.92. The Hall–Kier alpha value is -0.160.